The van der Waals surface area contributed by atoms with Crippen LogP contribution in [-0.2, 0) is 7.05 Å². The first-order chi connectivity index (χ1) is 5.77. The van der Waals surface area contributed by atoms with Crippen LogP contribution in [-0.4, -0.2) is 9.78 Å². The largest absolute Gasteiger partial charge is 0.272 e. The van der Waals surface area contributed by atoms with Crippen molar-refractivity contribution in [3.8, 4) is 0 Å². The van der Waals surface area contributed by atoms with E-state index in [4.69, 9.17) is 0 Å². The Morgan fingerprint density at radius 3 is 2.83 bits per heavy atom. The van der Waals surface area contributed by atoms with E-state index in [1.54, 1.807) is 11.3 Å². The first-order valence-electron chi connectivity index (χ1n) is 4.80. The van der Waals surface area contributed by atoms with Crippen LogP contribution in [0.15, 0.2) is 0 Å². The van der Waals surface area contributed by atoms with Crippen molar-refractivity contribution in [3.05, 3.63) is 17.0 Å². The van der Waals surface area contributed by atoms with Gasteiger partial charge in [0.05, 0.1) is 5.69 Å². The van der Waals surface area contributed by atoms with Crippen LogP contribution in [0.5, 0.6) is 0 Å². The van der Waals surface area contributed by atoms with Crippen molar-refractivity contribution < 1.29 is 0 Å². The van der Waals surface area contributed by atoms with Gasteiger partial charge in [0, 0.05) is 18.7 Å². The Bertz CT molecular complexity index is 307. The van der Waals surface area contributed by atoms with Crippen LogP contribution in [0.4, 0.5) is 0 Å². The van der Waals surface area contributed by atoms with Gasteiger partial charge in [-0.3, -0.25) is 4.68 Å². The molecule has 2 unspecified atom stereocenters. The molecule has 2 heteroatoms. The van der Waals surface area contributed by atoms with E-state index in [9.17, 15) is 0 Å². The Morgan fingerprint density at radius 1 is 1.33 bits per heavy atom. The van der Waals surface area contributed by atoms with Gasteiger partial charge >= 0.3 is 0 Å². The van der Waals surface area contributed by atoms with Crippen molar-refractivity contribution in [1.82, 2.24) is 9.78 Å². The number of aromatic nitrogens is 2. The summed E-state index contributed by atoms with van der Waals surface area (Å²) in [6.45, 7) is 2.15. The van der Waals surface area contributed by atoms with Crippen LogP contribution < -0.4 is 0 Å². The molecule has 1 heterocycles. The van der Waals surface area contributed by atoms with Crippen LogP contribution in [0.2, 0.25) is 0 Å². The maximum Gasteiger partial charge on any atom is 0.0631 e. The molecule has 0 saturated heterocycles. The van der Waals surface area contributed by atoms with Crippen LogP contribution >= 0.6 is 0 Å². The Balaban J connectivity index is 2.28. The number of aryl methyl sites for hydroxylation is 2. The van der Waals surface area contributed by atoms with Crippen LogP contribution in [0.1, 0.15) is 48.0 Å². The third kappa shape index (κ3) is 0.598. The lowest BCUT2D eigenvalue weighted by molar-refractivity contribution is 0.623. The number of nitrogens with zero attached hydrogens (tertiary/aromatic N) is 2. The van der Waals surface area contributed by atoms with Gasteiger partial charge in [0.1, 0.15) is 0 Å². The van der Waals surface area contributed by atoms with Gasteiger partial charge in [-0.25, -0.2) is 0 Å². The topological polar surface area (TPSA) is 17.8 Å². The van der Waals surface area contributed by atoms with Crippen LogP contribution in [0.25, 0.3) is 0 Å². The zero-order chi connectivity index (χ0) is 8.29. The van der Waals surface area contributed by atoms with E-state index in [-0.39, 0.29) is 0 Å². The number of hydrogen-bond donors (Lipinski definition) is 0. The maximum atomic E-state index is 4.49. The summed E-state index contributed by atoms with van der Waals surface area (Å²) >= 11 is 0. The normalized spacial score (nSPS) is 31.2. The Kier molecular flexibility index (Phi) is 1.07. The van der Waals surface area contributed by atoms with E-state index in [1.807, 2.05) is 0 Å². The molecule has 0 amide bonds. The zero-order valence-electron chi connectivity index (χ0n) is 7.67. The molecule has 0 aliphatic heterocycles. The third-order valence-electron chi connectivity index (χ3n) is 3.54. The summed E-state index contributed by atoms with van der Waals surface area (Å²) in [6, 6.07) is 0. The van der Waals surface area contributed by atoms with E-state index < -0.39 is 0 Å². The fraction of sp³-hybridized carbons (Fsp3) is 0.700. The van der Waals surface area contributed by atoms with Gasteiger partial charge in [0.2, 0.25) is 0 Å². The monoisotopic (exact) mass is 162 g/mol. The molecule has 2 aliphatic carbocycles. The fourth-order valence-electron chi connectivity index (χ4n) is 3.17. The summed E-state index contributed by atoms with van der Waals surface area (Å²) < 4.78 is 2.11. The summed E-state index contributed by atoms with van der Waals surface area (Å²) in [5.41, 5.74) is 4.41. The minimum absolute atomic E-state index is 0.844. The molecular weight excluding hydrogens is 148 g/mol. The lowest BCUT2D eigenvalue weighted by Crippen LogP contribution is -2.02. The lowest BCUT2D eigenvalue weighted by Gasteiger charge is -2.10. The molecule has 1 fully saturated rings. The molecule has 2 nitrogen and oxygen atoms in total. The summed E-state index contributed by atoms with van der Waals surface area (Å²) in [6.07, 6.45) is 4.21. The number of rotatable bonds is 0. The van der Waals surface area contributed by atoms with Crippen molar-refractivity contribution in [2.24, 2.45) is 7.05 Å². The molecule has 1 saturated carbocycles. The maximum absolute atomic E-state index is 4.49. The molecule has 2 bridgehead atoms. The molecule has 1 aromatic heterocycles. The van der Waals surface area contributed by atoms with Gasteiger partial charge in [-0.1, -0.05) is 0 Å². The van der Waals surface area contributed by atoms with Crippen molar-refractivity contribution in [3.63, 3.8) is 0 Å². The highest BCUT2D eigenvalue weighted by molar-refractivity contribution is 5.39. The fourth-order valence-corrected chi connectivity index (χ4v) is 3.17. The summed E-state index contributed by atoms with van der Waals surface area (Å²) in [5.74, 6) is 1.70. The second-order valence-corrected chi connectivity index (χ2v) is 4.21. The molecule has 0 aromatic carbocycles. The molecule has 0 spiro atoms. The van der Waals surface area contributed by atoms with Gasteiger partial charge in [-0.05, 0) is 37.7 Å². The molecule has 2 atom stereocenters. The Labute approximate surface area is 72.6 Å². The quantitative estimate of drug-likeness (QED) is 0.571. The summed E-state index contributed by atoms with van der Waals surface area (Å²) in [5, 5.41) is 4.49. The second kappa shape index (κ2) is 1.93. The average molecular weight is 162 g/mol. The van der Waals surface area contributed by atoms with Crippen LogP contribution in [0.3, 0.4) is 0 Å². The highest BCUT2D eigenvalue weighted by atomic mass is 15.3. The minimum atomic E-state index is 0.844. The third-order valence-corrected chi connectivity index (χ3v) is 3.54. The SMILES string of the molecule is Cc1nn(C)c2c1C1CCC2C1. The van der Waals surface area contributed by atoms with Gasteiger partial charge in [0.15, 0.2) is 0 Å². The van der Waals surface area contributed by atoms with E-state index in [1.165, 1.54) is 25.0 Å². The van der Waals surface area contributed by atoms with E-state index in [0.29, 0.717) is 0 Å². The molecule has 2 aliphatic rings. The molecule has 3 rings (SSSR count). The first-order valence-corrected chi connectivity index (χ1v) is 4.80. The van der Waals surface area contributed by atoms with E-state index >= 15 is 0 Å². The smallest absolute Gasteiger partial charge is 0.0631 e. The van der Waals surface area contributed by atoms with Gasteiger partial charge in [-0.2, -0.15) is 5.10 Å². The molecular formula is C10H14N2. The van der Waals surface area contributed by atoms with Gasteiger partial charge < -0.3 is 0 Å². The minimum Gasteiger partial charge on any atom is -0.272 e. The first kappa shape index (κ1) is 6.70. The number of hydrogen-bond acceptors (Lipinski definition) is 1. The van der Waals surface area contributed by atoms with Crippen molar-refractivity contribution >= 4 is 0 Å². The van der Waals surface area contributed by atoms with E-state index in [0.717, 1.165) is 11.8 Å². The Morgan fingerprint density at radius 2 is 2.08 bits per heavy atom. The highest BCUT2D eigenvalue weighted by Gasteiger charge is 2.40. The Hall–Kier alpha value is -0.790. The molecule has 1 aromatic rings. The summed E-state index contributed by atoms with van der Waals surface area (Å²) in [4.78, 5) is 0. The van der Waals surface area contributed by atoms with Crippen molar-refractivity contribution in [2.75, 3.05) is 0 Å². The van der Waals surface area contributed by atoms with Gasteiger partial charge in [-0.15, -0.1) is 0 Å². The molecule has 0 radical (unpaired) electrons. The van der Waals surface area contributed by atoms with Crippen LogP contribution in [0, 0.1) is 6.92 Å². The zero-order valence-corrected chi connectivity index (χ0v) is 7.67. The molecule has 0 N–H and O–H groups in total. The lowest BCUT2D eigenvalue weighted by atomic mass is 9.96. The number of fused-ring (bicyclic) bond motifs is 5. The predicted octanol–water partition coefficient (Wildman–Crippen LogP) is 2.09. The standard InChI is InChI=1S/C10H14N2/c1-6-9-7-3-4-8(5-7)10(9)12(2)11-6/h7-8H,3-5H2,1-2H3. The summed E-state index contributed by atoms with van der Waals surface area (Å²) in [7, 11) is 2.09. The van der Waals surface area contributed by atoms with Gasteiger partial charge in [0.25, 0.3) is 0 Å². The predicted molar refractivity (Wildman–Crippen MR) is 47.3 cm³/mol. The molecule has 12 heavy (non-hydrogen) atoms. The van der Waals surface area contributed by atoms with Crippen molar-refractivity contribution in [2.45, 2.75) is 38.0 Å². The second-order valence-electron chi connectivity index (χ2n) is 4.21. The highest BCUT2D eigenvalue weighted by Crippen LogP contribution is 2.53. The van der Waals surface area contributed by atoms with E-state index in [2.05, 4.69) is 23.8 Å². The molecule has 64 valence electrons. The average Bonchev–Trinajstić information content (AvgIpc) is 2.64. The van der Waals surface area contributed by atoms with Crippen molar-refractivity contribution in [1.29, 1.82) is 0 Å².